The second kappa shape index (κ2) is 6.39. The standard InChI is InChI=1S/C17H22FN3/c1-13-5-4-8-16(20-13)17-11-19-12-21(17)10-9-14-6-2-3-7-15(14)18/h2-3,6-7,11-13,16,20H,4-5,8-10H2,1H3. The van der Waals surface area contributed by atoms with Gasteiger partial charge in [0.05, 0.1) is 12.0 Å². The molecule has 4 heteroatoms. The number of nitrogens with one attached hydrogen (secondary N) is 1. The fourth-order valence-electron chi connectivity index (χ4n) is 3.12. The molecule has 1 aromatic heterocycles. The average Bonchev–Trinajstić information content (AvgIpc) is 2.95. The molecule has 0 amide bonds. The van der Waals surface area contributed by atoms with Crippen LogP contribution in [0.3, 0.4) is 0 Å². The number of aromatic nitrogens is 2. The first-order valence-electron chi connectivity index (χ1n) is 7.73. The number of hydrogen-bond acceptors (Lipinski definition) is 2. The molecule has 2 unspecified atom stereocenters. The third-order valence-electron chi connectivity index (χ3n) is 4.30. The molecule has 2 atom stereocenters. The van der Waals surface area contributed by atoms with E-state index in [-0.39, 0.29) is 5.82 Å². The smallest absolute Gasteiger partial charge is 0.126 e. The highest BCUT2D eigenvalue weighted by molar-refractivity contribution is 5.17. The van der Waals surface area contributed by atoms with Crippen LogP contribution < -0.4 is 5.32 Å². The van der Waals surface area contributed by atoms with E-state index in [9.17, 15) is 4.39 Å². The van der Waals surface area contributed by atoms with Crippen LogP contribution >= 0.6 is 0 Å². The molecule has 0 saturated carbocycles. The lowest BCUT2D eigenvalue weighted by Crippen LogP contribution is -2.35. The number of piperidine rings is 1. The van der Waals surface area contributed by atoms with E-state index >= 15 is 0 Å². The Morgan fingerprint density at radius 1 is 1.33 bits per heavy atom. The molecule has 1 N–H and O–H groups in total. The van der Waals surface area contributed by atoms with Crippen molar-refractivity contribution in [2.45, 2.75) is 51.2 Å². The minimum absolute atomic E-state index is 0.122. The Bertz CT molecular complexity index is 593. The van der Waals surface area contributed by atoms with E-state index in [4.69, 9.17) is 0 Å². The second-order valence-electron chi connectivity index (χ2n) is 5.90. The van der Waals surface area contributed by atoms with Crippen LogP contribution in [0.25, 0.3) is 0 Å². The monoisotopic (exact) mass is 287 g/mol. The molecule has 3 nitrogen and oxygen atoms in total. The van der Waals surface area contributed by atoms with E-state index in [1.54, 1.807) is 6.07 Å². The molecule has 1 saturated heterocycles. The maximum atomic E-state index is 13.7. The molecule has 0 radical (unpaired) electrons. The van der Waals surface area contributed by atoms with Gasteiger partial charge in [-0.3, -0.25) is 0 Å². The first kappa shape index (κ1) is 14.3. The predicted molar refractivity (Wildman–Crippen MR) is 81.5 cm³/mol. The summed E-state index contributed by atoms with van der Waals surface area (Å²) in [5.74, 6) is -0.122. The Hall–Kier alpha value is -1.68. The fraction of sp³-hybridized carbons (Fsp3) is 0.471. The molecule has 21 heavy (non-hydrogen) atoms. The van der Waals surface area contributed by atoms with Crippen molar-refractivity contribution in [3.05, 3.63) is 53.9 Å². The van der Waals surface area contributed by atoms with E-state index in [0.29, 0.717) is 18.5 Å². The first-order chi connectivity index (χ1) is 10.2. The molecule has 1 aromatic carbocycles. The van der Waals surface area contributed by atoms with Crippen molar-refractivity contribution in [3.8, 4) is 0 Å². The van der Waals surface area contributed by atoms with Crippen LogP contribution in [0.4, 0.5) is 4.39 Å². The predicted octanol–water partition coefficient (Wildman–Crippen LogP) is 3.47. The Kier molecular flexibility index (Phi) is 4.34. The number of nitrogens with zero attached hydrogens (tertiary/aromatic N) is 2. The maximum absolute atomic E-state index is 13.7. The third-order valence-corrected chi connectivity index (χ3v) is 4.30. The van der Waals surface area contributed by atoms with Crippen molar-refractivity contribution >= 4 is 0 Å². The highest BCUT2D eigenvalue weighted by atomic mass is 19.1. The minimum Gasteiger partial charge on any atom is -0.333 e. The summed E-state index contributed by atoms with van der Waals surface area (Å²) in [4.78, 5) is 4.29. The SMILES string of the molecule is CC1CCCC(c2cncn2CCc2ccccc2F)N1. The van der Waals surface area contributed by atoms with Crippen molar-refractivity contribution in [2.75, 3.05) is 0 Å². The number of aryl methyl sites for hydroxylation is 2. The van der Waals surface area contributed by atoms with Crippen LogP contribution in [-0.4, -0.2) is 15.6 Å². The largest absolute Gasteiger partial charge is 0.333 e. The molecule has 112 valence electrons. The fourth-order valence-corrected chi connectivity index (χ4v) is 3.12. The molecule has 2 heterocycles. The normalized spacial score (nSPS) is 22.4. The average molecular weight is 287 g/mol. The lowest BCUT2D eigenvalue weighted by atomic mass is 9.97. The lowest BCUT2D eigenvalue weighted by Gasteiger charge is -2.29. The number of rotatable bonds is 4. The van der Waals surface area contributed by atoms with Crippen LogP contribution in [0.2, 0.25) is 0 Å². The van der Waals surface area contributed by atoms with Gasteiger partial charge in [0.1, 0.15) is 5.82 Å². The molecule has 0 bridgehead atoms. The van der Waals surface area contributed by atoms with E-state index in [2.05, 4.69) is 21.8 Å². The molecule has 1 aliphatic heterocycles. The van der Waals surface area contributed by atoms with Crippen LogP contribution in [-0.2, 0) is 13.0 Å². The van der Waals surface area contributed by atoms with Crippen LogP contribution in [0, 0.1) is 5.82 Å². The summed E-state index contributed by atoms with van der Waals surface area (Å²) in [5, 5.41) is 3.63. The number of hydrogen-bond donors (Lipinski definition) is 1. The quantitative estimate of drug-likeness (QED) is 0.933. The Morgan fingerprint density at radius 3 is 3.00 bits per heavy atom. The number of benzene rings is 1. The Morgan fingerprint density at radius 2 is 2.19 bits per heavy atom. The number of halogens is 1. The second-order valence-corrected chi connectivity index (χ2v) is 5.90. The van der Waals surface area contributed by atoms with Gasteiger partial charge in [0.15, 0.2) is 0 Å². The van der Waals surface area contributed by atoms with Crippen LogP contribution in [0.1, 0.15) is 43.5 Å². The highest BCUT2D eigenvalue weighted by Gasteiger charge is 2.22. The van der Waals surface area contributed by atoms with E-state index < -0.39 is 0 Å². The minimum atomic E-state index is -0.122. The summed E-state index contributed by atoms with van der Waals surface area (Å²) in [6.07, 6.45) is 8.12. The van der Waals surface area contributed by atoms with Gasteiger partial charge < -0.3 is 9.88 Å². The van der Waals surface area contributed by atoms with Gasteiger partial charge in [-0.15, -0.1) is 0 Å². The zero-order chi connectivity index (χ0) is 14.7. The summed E-state index contributed by atoms with van der Waals surface area (Å²) in [5.41, 5.74) is 1.99. The van der Waals surface area contributed by atoms with Gasteiger partial charge in [-0.05, 0) is 44.2 Å². The van der Waals surface area contributed by atoms with Crippen molar-refractivity contribution < 1.29 is 4.39 Å². The molecule has 0 spiro atoms. The van der Waals surface area contributed by atoms with Gasteiger partial charge in [-0.2, -0.15) is 0 Å². The molecule has 2 aromatic rings. The summed E-state index contributed by atoms with van der Waals surface area (Å²) in [6.45, 7) is 3.00. The van der Waals surface area contributed by atoms with Gasteiger partial charge in [0, 0.05) is 24.8 Å². The summed E-state index contributed by atoms with van der Waals surface area (Å²) < 4.78 is 15.8. The van der Waals surface area contributed by atoms with Crippen LogP contribution in [0.15, 0.2) is 36.8 Å². The van der Waals surface area contributed by atoms with E-state index in [0.717, 1.165) is 18.5 Å². The van der Waals surface area contributed by atoms with Gasteiger partial charge in [0.25, 0.3) is 0 Å². The summed E-state index contributed by atoms with van der Waals surface area (Å²) in [7, 11) is 0. The van der Waals surface area contributed by atoms with Crippen molar-refractivity contribution in [1.82, 2.24) is 14.9 Å². The molecule has 1 aliphatic rings. The van der Waals surface area contributed by atoms with Gasteiger partial charge >= 0.3 is 0 Å². The zero-order valence-electron chi connectivity index (χ0n) is 12.4. The van der Waals surface area contributed by atoms with Gasteiger partial charge in [0.2, 0.25) is 0 Å². The van der Waals surface area contributed by atoms with E-state index in [1.807, 2.05) is 24.7 Å². The van der Waals surface area contributed by atoms with Crippen LogP contribution in [0.5, 0.6) is 0 Å². The van der Waals surface area contributed by atoms with Crippen molar-refractivity contribution in [3.63, 3.8) is 0 Å². The Balaban J connectivity index is 1.69. The number of imidazole rings is 1. The van der Waals surface area contributed by atoms with Gasteiger partial charge in [-0.25, -0.2) is 9.37 Å². The lowest BCUT2D eigenvalue weighted by molar-refractivity contribution is 0.329. The molecule has 0 aliphatic carbocycles. The first-order valence-corrected chi connectivity index (χ1v) is 7.73. The molecular weight excluding hydrogens is 265 g/mol. The van der Waals surface area contributed by atoms with Crippen molar-refractivity contribution in [1.29, 1.82) is 0 Å². The zero-order valence-corrected chi connectivity index (χ0v) is 12.4. The van der Waals surface area contributed by atoms with Crippen molar-refractivity contribution in [2.24, 2.45) is 0 Å². The summed E-state index contributed by atoms with van der Waals surface area (Å²) in [6, 6.07) is 7.92. The third kappa shape index (κ3) is 3.32. The van der Waals surface area contributed by atoms with E-state index in [1.165, 1.54) is 24.6 Å². The Labute approximate surface area is 125 Å². The summed E-state index contributed by atoms with van der Waals surface area (Å²) >= 11 is 0. The maximum Gasteiger partial charge on any atom is 0.126 e. The van der Waals surface area contributed by atoms with Gasteiger partial charge in [-0.1, -0.05) is 18.2 Å². The molecular formula is C17H22FN3. The topological polar surface area (TPSA) is 29.9 Å². The molecule has 3 rings (SSSR count). The highest BCUT2D eigenvalue weighted by Crippen LogP contribution is 2.25. The molecule has 1 fully saturated rings.